The number of hydrogen-bond acceptors (Lipinski definition) is 3. The lowest BCUT2D eigenvalue weighted by Gasteiger charge is -2.18. The average Bonchev–Trinajstić information content (AvgIpc) is 2.77. The van der Waals surface area contributed by atoms with Crippen molar-refractivity contribution in [3.8, 4) is 5.75 Å². The average molecular weight is 219 g/mol. The second kappa shape index (κ2) is 4.36. The number of anilines is 2. The summed E-state index contributed by atoms with van der Waals surface area (Å²) in [6.07, 6.45) is 0. The van der Waals surface area contributed by atoms with Crippen molar-refractivity contribution in [1.29, 1.82) is 0 Å². The lowest BCUT2D eigenvalue weighted by Crippen LogP contribution is -2.08. The second-order valence-corrected chi connectivity index (χ2v) is 4.08. The number of nitrogens with zero attached hydrogens (tertiary/aromatic N) is 1. The van der Waals surface area contributed by atoms with Crippen molar-refractivity contribution >= 4 is 22.0 Å². The molecule has 0 radical (unpaired) electrons. The highest BCUT2D eigenvalue weighted by atomic mass is 32.1. The Morgan fingerprint density at radius 3 is 2.53 bits per heavy atom. The molecule has 0 unspecified atom stereocenters. The number of thiophene rings is 1. The van der Waals surface area contributed by atoms with Gasteiger partial charge in [0.2, 0.25) is 0 Å². The van der Waals surface area contributed by atoms with Crippen LogP contribution in [0.15, 0.2) is 41.8 Å². The second-order valence-electron chi connectivity index (χ2n) is 3.19. The quantitative estimate of drug-likeness (QED) is 0.783. The van der Waals surface area contributed by atoms with Gasteiger partial charge < -0.3 is 9.64 Å². The molecule has 0 N–H and O–H groups in total. The van der Waals surface area contributed by atoms with Gasteiger partial charge in [0.1, 0.15) is 5.00 Å². The van der Waals surface area contributed by atoms with Crippen LogP contribution in [0.3, 0.4) is 0 Å². The largest absolute Gasteiger partial charge is 0.494 e. The molecule has 1 aromatic heterocycles. The minimum absolute atomic E-state index is 0.923. The minimum atomic E-state index is 0.923. The van der Waals surface area contributed by atoms with Gasteiger partial charge in [-0.25, -0.2) is 0 Å². The van der Waals surface area contributed by atoms with E-state index in [0.29, 0.717) is 0 Å². The van der Waals surface area contributed by atoms with E-state index in [2.05, 4.69) is 17.0 Å². The summed E-state index contributed by atoms with van der Waals surface area (Å²) >= 11 is 1.68. The summed E-state index contributed by atoms with van der Waals surface area (Å²) in [6.45, 7) is 0. The van der Waals surface area contributed by atoms with Crippen LogP contribution in [-0.4, -0.2) is 14.2 Å². The number of hydrogen-bond donors (Lipinski definition) is 0. The normalized spacial score (nSPS) is 10.0. The van der Waals surface area contributed by atoms with Crippen LogP contribution in [0.4, 0.5) is 10.7 Å². The third-order valence-corrected chi connectivity index (χ3v) is 3.25. The molecular formula is C12H13NOS. The summed E-state index contributed by atoms with van der Waals surface area (Å²) in [4.78, 5) is 2.13. The Labute approximate surface area is 93.7 Å². The molecule has 0 spiro atoms. The molecule has 0 aliphatic carbocycles. The van der Waals surface area contributed by atoms with Gasteiger partial charge in [0.15, 0.2) is 5.75 Å². The van der Waals surface area contributed by atoms with Crippen molar-refractivity contribution < 1.29 is 4.74 Å². The molecular weight excluding hydrogens is 206 g/mol. The first-order chi connectivity index (χ1) is 7.33. The zero-order valence-electron chi connectivity index (χ0n) is 8.81. The molecule has 0 aliphatic rings. The fourth-order valence-corrected chi connectivity index (χ4v) is 2.31. The predicted molar refractivity (Wildman–Crippen MR) is 65.4 cm³/mol. The van der Waals surface area contributed by atoms with Crippen LogP contribution >= 0.6 is 11.3 Å². The zero-order chi connectivity index (χ0) is 10.7. The topological polar surface area (TPSA) is 12.5 Å². The van der Waals surface area contributed by atoms with Crippen molar-refractivity contribution in [1.82, 2.24) is 0 Å². The van der Waals surface area contributed by atoms with Crippen LogP contribution in [0.1, 0.15) is 0 Å². The Morgan fingerprint density at radius 1 is 1.13 bits per heavy atom. The molecule has 0 saturated heterocycles. The van der Waals surface area contributed by atoms with Crippen molar-refractivity contribution in [2.45, 2.75) is 0 Å². The van der Waals surface area contributed by atoms with Gasteiger partial charge in [0.25, 0.3) is 0 Å². The summed E-state index contributed by atoms with van der Waals surface area (Å²) < 4.78 is 5.30. The predicted octanol–water partition coefficient (Wildman–Crippen LogP) is 3.52. The number of benzene rings is 1. The van der Waals surface area contributed by atoms with Gasteiger partial charge in [-0.3, -0.25) is 0 Å². The summed E-state index contributed by atoms with van der Waals surface area (Å²) in [5, 5.41) is 3.16. The maximum absolute atomic E-state index is 5.30. The van der Waals surface area contributed by atoms with E-state index in [-0.39, 0.29) is 0 Å². The SMILES string of the molecule is COc1ccsc1N(C)c1ccccc1. The molecule has 0 aliphatic heterocycles. The maximum atomic E-state index is 5.30. The maximum Gasteiger partial charge on any atom is 0.153 e. The van der Waals surface area contributed by atoms with Gasteiger partial charge in [-0.1, -0.05) is 18.2 Å². The van der Waals surface area contributed by atoms with Crippen LogP contribution in [0.25, 0.3) is 0 Å². The smallest absolute Gasteiger partial charge is 0.153 e. The van der Waals surface area contributed by atoms with Gasteiger partial charge in [-0.05, 0) is 23.6 Å². The molecule has 15 heavy (non-hydrogen) atoms. The van der Waals surface area contributed by atoms with E-state index >= 15 is 0 Å². The third kappa shape index (κ3) is 1.97. The minimum Gasteiger partial charge on any atom is -0.494 e. The first-order valence-electron chi connectivity index (χ1n) is 4.73. The van der Waals surface area contributed by atoms with E-state index in [1.54, 1.807) is 18.4 Å². The van der Waals surface area contributed by atoms with E-state index in [0.717, 1.165) is 10.8 Å². The molecule has 0 fully saturated rings. The number of methoxy groups -OCH3 is 1. The molecule has 0 bridgehead atoms. The Kier molecular flexibility index (Phi) is 2.92. The fraction of sp³-hybridized carbons (Fsp3) is 0.167. The van der Waals surface area contributed by atoms with Gasteiger partial charge in [0, 0.05) is 12.7 Å². The first kappa shape index (κ1) is 10.1. The highest BCUT2D eigenvalue weighted by Gasteiger charge is 2.10. The Balaban J connectivity index is 2.32. The van der Waals surface area contributed by atoms with Gasteiger partial charge in [-0.2, -0.15) is 0 Å². The molecule has 0 saturated carbocycles. The number of para-hydroxylation sites is 1. The standard InChI is InChI=1S/C12H13NOS/c1-13(10-6-4-3-5-7-10)12-11(14-2)8-9-15-12/h3-9H,1-2H3. The first-order valence-corrected chi connectivity index (χ1v) is 5.61. The molecule has 0 amide bonds. The van der Waals surface area contributed by atoms with E-state index in [1.165, 1.54) is 5.69 Å². The molecule has 2 nitrogen and oxygen atoms in total. The van der Waals surface area contributed by atoms with Crippen LogP contribution in [0.5, 0.6) is 5.75 Å². The zero-order valence-corrected chi connectivity index (χ0v) is 9.62. The van der Waals surface area contributed by atoms with Crippen LogP contribution in [0.2, 0.25) is 0 Å². The summed E-state index contributed by atoms with van der Waals surface area (Å²) in [7, 11) is 3.74. The fourth-order valence-electron chi connectivity index (χ4n) is 1.46. The third-order valence-electron chi connectivity index (χ3n) is 2.28. The number of rotatable bonds is 3. The van der Waals surface area contributed by atoms with Crippen LogP contribution in [0, 0.1) is 0 Å². The van der Waals surface area contributed by atoms with Crippen LogP contribution < -0.4 is 9.64 Å². The molecule has 0 atom stereocenters. The van der Waals surface area contributed by atoms with E-state index in [4.69, 9.17) is 4.74 Å². The molecule has 2 aromatic rings. The summed E-state index contributed by atoms with van der Waals surface area (Å²) in [5.74, 6) is 0.923. The molecule has 1 heterocycles. The Morgan fingerprint density at radius 2 is 1.87 bits per heavy atom. The van der Waals surface area contributed by atoms with E-state index in [9.17, 15) is 0 Å². The van der Waals surface area contributed by atoms with Crippen molar-refractivity contribution in [3.63, 3.8) is 0 Å². The Hall–Kier alpha value is -1.48. The number of ether oxygens (including phenoxy) is 1. The molecule has 1 aromatic carbocycles. The van der Waals surface area contributed by atoms with E-state index < -0.39 is 0 Å². The van der Waals surface area contributed by atoms with Crippen LogP contribution in [-0.2, 0) is 0 Å². The Bertz CT molecular complexity index is 424. The van der Waals surface area contributed by atoms with Gasteiger partial charge >= 0.3 is 0 Å². The lowest BCUT2D eigenvalue weighted by atomic mass is 10.3. The van der Waals surface area contributed by atoms with Crippen molar-refractivity contribution in [3.05, 3.63) is 41.8 Å². The summed E-state index contributed by atoms with van der Waals surface area (Å²) in [5.41, 5.74) is 1.17. The van der Waals surface area contributed by atoms with Crippen molar-refractivity contribution in [2.24, 2.45) is 0 Å². The van der Waals surface area contributed by atoms with Gasteiger partial charge in [-0.15, -0.1) is 11.3 Å². The molecule has 3 heteroatoms. The van der Waals surface area contributed by atoms with E-state index in [1.807, 2.05) is 36.7 Å². The highest BCUT2D eigenvalue weighted by molar-refractivity contribution is 7.14. The van der Waals surface area contributed by atoms with Crippen molar-refractivity contribution in [2.75, 3.05) is 19.1 Å². The van der Waals surface area contributed by atoms with Gasteiger partial charge in [0.05, 0.1) is 7.11 Å². The summed E-state index contributed by atoms with van der Waals surface area (Å²) in [6, 6.07) is 12.2. The highest BCUT2D eigenvalue weighted by Crippen LogP contribution is 2.37. The lowest BCUT2D eigenvalue weighted by molar-refractivity contribution is 0.417. The molecule has 78 valence electrons. The molecule has 2 rings (SSSR count). The monoisotopic (exact) mass is 219 g/mol.